The van der Waals surface area contributed by atoms with Crippen LogP contribution in [0.15, 0.2) is 6.20 Å². The largest absolute Gasteiger partial charge is 0.356 e. The molecule has 0 aromatic carbocycles. The number of hydrogen-bond acceptors (Lipinski definition) is 2. The van der Waals surface area contributed by atoms with Crippen LogP contribution in [0.2, 0.25) is 0 Å². The summed E-state index contributed by atoms with van der Waals surface area (Å²) in [5.74, 6) is 1.84. The third-order valence-electron chi connectivity index (χ3n) is 3.36. The monoisotopic (exact) mass is 207 g/mol. The molecule has 2 atom stereocenters. The number of aromatic nitrogens is 2. The number of rotatable bonds is 3. The van der Waals surface area contributed by atoms with Crippen LogP contribution in [0.4, 0.5) is 5.95 Å². The van der Waals surface area contributed by atoms with Crippen LogP contribution in [0.5, 0.6) is 0 Å². The molecule has 1 heterocycles. The summed E-state index contributed by atoms with van der Waals surface area (Å²) in [5.41, 5.74) is 1.12. The smallest absolute Gasteiger partial charge is 0.203 e. The first-order valence-corrected chi connectivity index (χ1v) is 6.01. The normalized spacial score (nSPS) is 25.8. The molecule has 84 valence electrons. The van der Waals surface area contributed by atoms with Crippen LogP contribution in [0, 0.1) is 12.8 Å². The second kappa shape index (κ2) is 4.25. The maximum absolute atomic E-state index is 4.53. The molecule has 2 unspecified atom stereocenters. The summed E-state index contributed by atoms with van der Waals surface area (Å²) >= 11 is 0. The molecule has 2 rings (SSSR count). The van der Waals surface area contributed by atoms with E-state index in [1.54, 1.807) is 0 Å². The maximum Gasteiger partial charge on any atom is 0.203 e. The molecule has 0 amide bonds. The predicted molar refractivity (Wildman–Crippen MR) is 63.2 cm³/mol. The lowest BCUT2D eigenvalue weighted by atomic mass is 10.1. The second-order valence-corrected chi connectivity index (χ2v) is 4.62. The summed E-state index contributed by atoms with van der Waals surface area (Å²) in [5, 5.41) is 3.35. The topological polar surface area (TPSA) is 29.9 Å². The number of hydrogen-bond donors (Lipinski definition) is 1. The van der Waals surface area contributed by atoms with Crippen LogP contribution < -0.4 is 5.32 Å². The molecule has 1 aromatic rings. The van der Waals surface area contributed by atoms with E-state index in [-0.39, 0.29) is 0 Å². The van der Waals surface area contributed by atoms with Gasteiger partial charge in [-0.1, -0.05) is 13.3 Å². The Bertz CT molecular complexity index is 330. The Labute approximate surface area is 91.9 Å². The Hall–Kier alpha value is -0.990. The first-order valence-electron chi connectivity index (χ1n) is 6.01. The third kappa shape index (κ3) is 2.01. The highest BCUT2D eigenvalue weighted by atomic mass is 15.2. The minimum atomic E-state index is 0.653. The summed E-state index contributed by atoms with van der Waals surface area (Å²) < 4.78 is 2.34. The molecule has 1 aliphatic carbocycles. The highest BCUT2D eigenvalue weighted by Gasteiger charge is 2.26. The molecule has 1 aromatic heterocycles. The van der Waals surface area contributed by atoms with Crippen molar-refractivity contribution >= 4 is 5.95 Å². The lowest BCUT2D eigenvalue weighted by Crippen LogP contribution is -2.14. The van der Waals surface area contributed by atoms with Crippen LogP contribution >= 0.6 is 0 Å². The van der Waals surface area contributed by atoms with Gasteiger partial charge in [-0.05, 0) is 32.6 Å². The van der Waals surface area contributed by atoms with Gasteiger partial charge in [-0.2, -0.15) is 0 Å². The van der Waals surface area contributed by atoms with E-state index in [1.165, 1.54) is 19.3 Å². The van der Waals surface area contributed by atoms with Gasteiger partial charge >= 0.3 is 0 Å². The highest BCUT2D eigenvalue weighted by molar-refractivity contribution is 5.29. The molecule has 1 N–H and O–H groups in total. The highest BCUT2D eigenvalue weighted by Crippen LogP contribution is 2.37. The average Bonchev–Trinajstić information content (AvgIpc) is 2.73. The maximum atomic E-state index is 4.53. The predicted octanol–water partition coefficient (Wildman–Crippen LogP) is 2.98. The van der Waals surface area contributed by atoms with Gasteiger partial charge in [0.15, 0.2) is 0 Å². The van der Waals surface area contributed by atoms with Crippen LogP contribution in [-0.4, -0.2) is 16.1 Å². The number of nitrogens with zero attached hydrogens (tertiary/aromatic N) is 2. The minimum absolute atomic E-state index is 0.653. The Morgan fingerprint density at radius 3 is 2.93 bits per heavy atom. The van der Waals surface area contributed by atoms with Crippen molar-refractivity contribution in [2.45, 2.75) is 46.1 Å². The number of anilines is 1. The lowest BCUT2D eigenvalue weighted by Gasteiger charge is -2.19. The van der Waals surface area contributed by atoms with Gasteiger partial charge in [0.2, 0.25) is 5.95 Å². The molecule has 15 heavy (non-hydrogen) atoms. The van der Waals surface area contributed by atoms with Gasteiger partial charge in [0.25, 0.3) is 0 Å². The molecule has 3 heteroatoms. The SMILES string of the molecule is CCNc1nc(C)cn1C1CCCC1C. The van der Waals surface area contributed by atoms with Crippen molar-refractivity contribution < 1.29 is 0 Å². The summed E-state index contributed by atoms with van der Waals surface area (Å²) in [6, 6.07) is 0.653. The number of aryl methyl sites for hydroxylation is 1. The van der Waals surface area contributed by atoms with Crippen molar-refractivity contribution in [1.29, 1.82) is 0 Å². The van der Waals surface area contributed by atoms with E-state index in [4.69, 9.17) is 0 Å². The molecular weight excluding hydrogens is 186 g/mol. The molecule has 0 aliphatic heterocycles. The minimum Gasteiger partial charge on any atom is -0.356 e. The second-order valence-electron chi connectivity index (χ2n) is 4.62. The fraction of sp³-hybridized carbons (Fsp3) is 0.750. The van der Waals surface area contributed by atoms with Gasteiger partial charge in [0, 0.05) is 18.8 Å². The van der Waals surface area contributed by atoms with E-state index in [1.807, 2.05) is 0 Å². The molecule has 0 bridgehead atoms. The van der Waals surface area contributed by atoms with Gasteiger partial charge in [0.1, 0.15) is 0 Å². The first kappa shape index (κ1) is 10.5. The van der Waals surface area contributed by atoms with Crippen molar-refractivity contribution in [2.75, 3.05) is 11.9 Å². The zero-order valence-corrected chi connectivity index (χ0v) is 9.95. The van der Waals surface area contributed by atoms with Gasteiger partial charge in [-0.15, -0.1) is 0 Å². The molecule has 1 aliphatic rings. The summed E-state index contributed by atoms with van der Waals surface area (Å²) in [4.78, 5) is 4.53. The summed E-state index contributed by atoms with van der Waals surface area (Å²) in [7, 11) is 0. The molecule has 0 spiro atoms. The van der Waals surface area contributed by atoms with Gasteiger partial charge in [0.05, 0.1) is 5.69 Å². The standard InChI is InChI=1S/C12H21N3/c1-4-13-12-14-10(3)8-15(12)11-7-5-6-9(11)2/h8-9,11H,4-7H2,1-3H3,(H,13,14). The molecule has 1 saturated carbocycles. The average molecular weight is 207 g/mol. The van der Waals surface area contributed by atoms with E-state index in [0.717, 1.165) is 24.1 Å². The van der Waals surface area contributed by atoms with Crippen molar-refractivity contribution in [3.8, 4) is 0 Å². The van der Waals surface area contributed by atoms with Gasteiger partial charge in [-0.25, -0.2) is 4.98 Å². The molecule has 0 saturated heterocycles. The fourth-order valence-corrected chi connectivity index (χ4v) is 2.60. The third-order valence-corrected chi connectivity index (χ3v) is 3.36. The Balaban J connectivity index is 2.25. The van der Waals surface area contributed by atoms with Crippen LogP contribution in [0.3, 0.4) is 0 Å². The van der Waals surface area contributed by atoms with Gasteiger partial charge in [-0.3, -0.25) is 0 Å². The first-order chi connectivity index (χ1) is 7.22. The van der Waals surface area contributed by atoms with Gasteiger partial charge < -0.3 is 9.88 Å². The van der Waals surface area contributed by atoms with E-state index in [2.05, 4.69) is 41.8 Å². The van der Waals surface area contributed by atoms with Crippen molar-refractivity contribution in [1.82, 2.24) is 9.55 Å². The molecule has 3 nitrogen and oxygen atoms in total. The fourth-order valence-electron chi connectivity index (χ4n) is 2.60. The van der Waals surface area contributed by atoms with Crippen LogP contribution in [0.25, 0.3) is 0 Å². The Morgan fingerprint density at radius 2 is 2.33 bits per heavy atom. The molecule has 0 radical (unpaired) electrons. The zero-order valence-electron chi connectivity index (χ0n) is 9.95. The summed E-state index contributed by atoms with van der Waals surface area (Å²) in [6.07, 6.45) is 6.20. The van der Waals surface area contributed by atoms with Crippen molar-refractivity contribution in [3.63, 3.8) is 0 Å². The lowest BCUT2D eigenvalue weighted by molar-refractivity contribution is 0.411. The van der Waals surface area contributed by atoms with E-state index in [0.29, 0.717) is 6.04 Å². The number of nitrogens with one attached hydrogen (secondary N) is 1. The van der Waals surface area contributed by atoms with E-state index < -0.39 is 0 Å². The summed E-state index contributed by atoms with van der Waals surface area (Å²) in [6.45, 7) is 7.48. The molecule has 1 fully saturated rings. The van der Waals surface area contributed by atoms with Crippen LogP contribution in [0.1, 0.15) is 44.8 Å². The van der Waals surface area contributed by atoms with Crippen molar-refractivity contribution in [3.05, 3.63) is 11.9 Å². The Morgan fingerprint density at radius 1 is 1.53 bits per heavy atom. The van der Waals surface area contributed by atoms with Crippen LogP contribution in [-0.2, 0) is 0 Å². The van der Waals surface area contributed by atoms with E-state index in [9.17, 15) is 0 Å². The van der Waals surface area contributed by atoms with E-state index >= 15 is 0 Å². The van der Waals surface area contributed by atoms with Crippen molar-refractivity contribution in [2.24, 2.45) is 5.92 Å². The quantitative estimate of drug-likeness (QED) is 0.825. The number of imidazole rings is 1. The molecular formula is C12H21N3. The zero-order chi connectivity index (χ0) is 10.8. The Kier molecular flexibility index (Phi) is 2.98.